The lowest BCUT2D eigenvalue weighted by Gasteiger charge is -2.30. The van der Waals surface area contributed by atoms with Gasteiger partial charge in [0.1, 0.15) is 0 Å². The summed E-state index contributed by atoms with van der Waals surface area (Å²) < 4.78 is 25.1. The molecule has 1 aliphatic rings. The minimum Gasteiger partial charge on any atom is -0.296 e. The monoisotopic (exact) mass is 248 g/mol. The molecule has 1 N–H and O–H groups in total. The minimum atomic E-state index is -3.08. The molecule has 16 heavy (non-hydrogen) atoms. The molecule has 96 valence electrons. The van der Waals surface area contributed by atoms with Crippen molar-refractivity contribution >= 4 is 10.0 Å². The van der Waals surface area contributed by atoms with Crippen molar-refractivity contribution < 1.29 is 8.42 Å². The molecule has 0 amide bonds. The molecular weight excluding hydrogens is 224 g/mol. The van der Waals surface area contributed by atoms with Crippen LogP contribution in [0.3, 0.4) is 0 Å². The first-order valence-electron chi connectivity index (χ1n) is 5.93. The summed E-state index contributed by atoms with van der Waals surface area (Å²) in [4.78, 5) is 2.40. The van der Waals surface area contributed by atoms with Crippen molar-refractivity contribution in [2.75, 3.05) is 12.8 Å². The molecule has 5 heteroatoms. The minimum absolute atomic E-state index is 0.0739. The van der Waals surface area contributed by atoms with Crippen molar-refractivity contribution in [1.29, 1.82) is 0 Å². The van der Waals surface area contributed by atoms with E-state index in [9.17, 15) is 8.42 Å². The van der Waals surface area contributed by atoms with Gasteiger partial charge < -0.3 is 0 Å². The van der Waals surface area contributed by atoms with Crippen LogP contribution in [0, 0.1) is 5.92 Å². The van der Waals surface area contributed by atoms with Crippen molar-refractivity contribution in [3.63, 3.8) is 0 Å². The molecule has 0 aromatic rings. The van der Waals surface area contributed by atoms with Crippen LogP contribution >= 0.6 is 0 Å². The smallest absolute Gasteiger partial charge is 0.208 e. The lowest BCUT2D eigenvalue weighted by atomic mass is 10.0. The van der Waals surface area contributed by atoms with Gasteiger partial charge in [0.2, 0.25) is 10.0 Å². The molecule has 1 saturated heterocycles. The molecule has 0 aromatic carbocycles. The molecule has 0 aliphatic carbocycles. The summed E-state index contributed by atoms with van der Waals surface area (Å²) in [5, 5.41) is 0. The molecule has 1 rings (SSSR count). The Kier molecular flexibility index (Phi) is 4.37. The summed E-state index contributed by atoms with van der Waals surface area (Å²) in [6, 6.07) is 1.03. The molecule has 1 fully saturated rings. The van der Waals surface area contributed by atoms with Gasteiger partial charge in [-0.2, -0.15) is 0 Å². The van der Waals surface area contributed by atoms with Crippen LogP contribution in [0.2, 0.25) is 0 Å². The van der Waals surface area contributed by atoms with Crippen molar-refractivity contribution in [3.8, 4) is 0 Å². The number of hydrogen-bond donors (Lipinski definition) is 1. The quantitative estimate of drug-likeness (QED) is 0.809. The molecule has 0 bridgehead atoms. The van der Waals surface area contributed by atoms with Gasteiger partial charge in [-0.3, -0.25) is 4.90 Å². The van der Waals surface area contributed by atoms with E-state index >= 15 is 0 Å². The first kappa shape index (κ1) is 13.9. The summed E-state index contributed by atoms with van der Waals surface area (Å²) in [5.74, 6) is 0.564. The summed E-state index contributed by atoms with van der Waals surface area (Å²) in [5.41, 5.74) is 0. The average molecular weight is 248 g/mol. The maximum absolute atomic E-state index is 11.2. The fraction of sp³-hybridized carbons (Fsp3) is 1.00. The molecule has 0 radical (unpaired) electrons. The molecule has 1 heterocycles. The number of sulfonamides is 1. The zero-order valence-corrected chi connectivity index (χ0v) is 11.7. The summed E-state index contributed by atoms with van der Waals surface area (Å²) in [6.45, 7) is 9.55. The van der Waals surface area contributed by atoms with Gasteiger partial charge in [-0.1, -0.05) is 13.8 Å². The molecule has 0 spiro atoms. The number of nitrogens with one attached hydrogen (secondary N) is 1. The SMILES string of the molecule is CC(C)C1CC(NS(C)(=O)=O)CN1C(C)C. The second kappa shape index (κ2) is 5.02. The normalized spacial score (nSPS) is 28.2. The molecule has 0 saturated carbocycles. The number of nitrogens with zero attached hydrogens (tertiary/aromatic N) is 1. The topological polar surface area (TPSA) is 49.4 Å². The van der Waals surface area contributed by atoms with Crippen molar-refractivity contribution in [3.05, 3.63) is 0 Å². The first-order valence-corrected chi connectivity index (χ1v) is 7.83. The van der Waals surface area contributed by atoms with Crippen LogP contribution in [-0.4, -0.2) is 44.2 Å². The van der Waals surface area contributed by atoms with E-state index in [0.717, 1.165) is 13.0 Å². The van der Waals surface area contributed by atoms with Gasteiger partial charge in [-0.05, 0) is 26.2 Å². The Labute approximate surface area is 99.5 Å². The largest absolute Gasteiger partial charge is 0.296 e. The summed E-state index contributed by atoms with van der Waals surface area (Å²) >= 11 is 0. The Morgan fingerprint density at radius 1 is 1.25 bits per heavy atom. The Morgan fingerprint density at radius 2 is 1.81 bits per heavy atom. The predicted molar refractivity (Wildman–Crippen MR) is 66.9 cm³/mol. The Balaban J connectivity index is 2.69. The zero-order chi connectivity index (χ0) is 12.5. The van der Waals surface area contributed by atoms with E-state index in [0.29, 0.717) is 18.0 Å². The third kappa shape index (κ3) is 3.71. The maximum atomic E-state index is 11.2. The Hall–Kier alpha value is -0.130. The van der Waals surface area contributed by atoms with E-state index in [1.807, 2.05) is 0 Å². The number of rotatable bonds is 4. The van der Waals surface area contributed by atoms with Crippen LogP contribution in [0.15, 0.2) is 0 Å². The summed E-state index contributed by atoms with van der Waals surface area (Å²) in [6.07, 6.45) is 2.15. The zero-order valence-electron chi connectivity index (χ0n) is 10.9. The van der Waals surface area contributed by atoms with Crippen molar-refractivity contribution in [2.45, 2.75) is 52.2 Å². The fourth-order valence-corrected chi connectivity index (χ4v) is 3.30. The lowest BCUT2D eigenvalue weighted by Crippen LogP contribution is -2.40. The Bertz CT molecular complexity index is 309. The first-order chi connectivity index (χ1) is 7.20. The third-order valence-electron chi connectivity index (χ3n) is 3.20. The van der Waals surface area contributed by atoms with Gasteiger partial charge >= 0.3 is 0 Å². The predicted octanol–water partition coefficient (Wildman–Crippen LogP) is 1.04. The van der Waals surface area contributed by atoms with Crippen molar-refractivity contribution in [2.24, 2.45) is 5.92 Å². The second-order valence-corrected chi connectivity index (χ2v) is 7.20. The van der Waals surface area contributed by atoms with Crippen LogP contribution in [0.1, 0.15) is 34.1 Å². The van der Waals surface area contributed by atoms with E-state index in [1.54, 1.807) is 0 Å². The molecule has 1 aliphatic heterocycles. The van der Waals surface area contributed by atoms with Gasteiger partial charge in [-0.15, -0.1) is 0 Å². The van der Waals surface area contributed by atoms with Gasteiger partial charge in [0, 0.05) is 24.7 Å². The molecule has 2 atom stereocenters. The molecule has 4 nitrogen and oxygen atoms in total. The maximum Gasteiger partial charge on any atom is 0.208 e. The van der Waals surface area contributed by atoms with Crippen LogP contribution in [-0.2, 0) is 10.0 Å². The lowest BCUT2D eigenvalue weighted by molar-refractivity contribution is 0.165. The van der Waals surface area contributed by atoms with Gasteiger partial charge in [-0.25, -0.2) is 13.1 Å². The molecule has 2 unspecified atom stereocenters. The highest BCUT2D eigenvalue weighted by atomic mass is 32.2. The summed E-state index contributed by atoms with van der Waals surface area (Å²) in [7, 11) is -3.08. The number of hydrogen-bond acceptors (Lipinski definition) is 3. The van der Waals surface area contributed by atoms with Crippen LogP contribution < -0.4 is 4.72 Å². The van der Waals surface area contributed by atoms with E-state index in [2.05, 4.69) is 37.3 Å². The van der Waals surface area contributed by atoms with Crippen molar-refractivity contribution in [1.82, 2.24) is 9.62 Å². The standard InChI is InChI=1S/C11H24N2O2S/c1-8(2)11-6-10(12-16(5,14)15)7-13(11)9(3)4/h8-12H,6-7H2,1-5H3. The van der Waals surface area contributed by atoms with Gasteiger partial charge in [0.15, 0.2) is 0 Å². The van der Waals surface area contributed by atoms with E-state index in [1.165, 1.54) is 6.26 Å². The fourth-order valence-electron chi connectivity index (χ4n) is 2.53. The van der Waals surface area contributed by atoms with Gasteiger partial charge in [0.05, 0.1) is 6.26 Å². The van der Waals surface area contributed by atoms with E-state index in [4.69, 9.17) is 0 Å². The number of likely N-dealkylation sites (tertiary alicyclic amines) is 1. The highest BCUT2D eigenvalue weighted by Gasteiger charge is 2.36. The molecule has 0 aromatic heterocycles. The third-order valence-corrected chi connectivity index (χ3v) is 3.96. The second-order valence-electron chi connectivity index (χ2n) is 5.42. The van der Waals surface area contributed by atoms with E-state index in [-0.39, 0.29) is 6.04 Å². The highest BCUT2D eigenvalue weighted by molar-refractivity contribution is 7.88. The molecular formula is C11H24N2O2S. The highest BCUT2D eigenvalue weighted by Crippen LogP contribution is 2.26. The van der Waals surface area contributed by atoms with E-state index < -0.39 is 10.0 Å². The Morgan fingerprint density at radius 3 is 2.12 bits per heavy atom. The van der Waals surface area contributed by atoms with Crippen LogP contribution in [0.25, 0.3) is 0 Å². The average Bonchev–Trinajstić information content (AvgIpc) is 2.44. The van der Waals surface area contributed by atoms with Gasteiger partial charge in [0.25, 0.3) is 0 Å². The van der Waals surface area contributed by atoms with Crippen LogP contribution in [0.4, 0.5) is 0 Å². The van der Waals surface area contributed by atoms with Crippen LogP contribution in [0.5, 0.6) is 0 Å².